The van der Waals surface area contributed by atoms with E-state index >= 15 is 0 Å². The number of hydrogen-bond acceptors (Lipinski definition) is 2. The molecule has 0 unspecified atom stereocenters. The molecule has 3 nitrogen and oxygen atoms in total. The van der Waals surface area contributed by atoms with Gasteiger partial charge in [0.2, 0.25) is 0 Å². The molecule has 1 fully saturated rings. The van der Waals surface area contributed by atoms with Crippen LogP contribution in [-0.4, -0.2) is 20.4 Å². The predicted molar refractivity (Wildman–Crippen MR) is 42.5 cm³/mol. The Morgan fingerprint density at radius 1 is 1.67 bits per heavy atom. The van der Waals surface area contributed by atoms with E-state index in [1.54, 1.807) is 11.0 Å². The van der Waals surface area contributed by atoms with Gasteiger partial charge in [-0.25, -0.2) is 14.1 Å². The number of nitrogens with zero attached hydrogens (tertiary/aromatic N) is 3. The molecule has 0 radical (unpaired) electrons. The summed E-state index contributed by atoms with van der Waals surface area (Å²) in [6, 6.07) is 0. The number of alkyl halides is 1. The van der Waals surface area contributed by atoms with Crippen LogP contribution in [-0.2, 0) is 13.0 Å². The van der Waals surface area contributed by atoms with E-state index in [0.29, 0.717) is 19.4 Å². The average Bonchev–Trinajstić information content (AvgIpc) is 2.63. The van der Waals surface area contributed by atoms with Crippen LogP contribution in [0.25, 0.3) is 0 Å². The minimum atomic E-state index is -0.974. The molecule has 0 bridgehead atoms. The average molecular weight is 169 g/mol. The molecular weight excluding hydrogens is 157 g/mol. The van der Waals surface area contributed by atoms with Gasteiger partial charge in [0.25, 0.3) is 0 Å². The molecule has 66 valence electrons. The Morgan fingerprint density at radius 3 is 2.92 bits per heavy atom. The van der Waals surface area contributed by atoms with Crippen LogP contribution in [0.15, 0.2) is 6.33 Å². The monoisotopic (exact) mass is 169 g/mol. The minimum Gasteiger partial charge on any atom is -0.249 e. The Morgan fingerprint density at radius 2 is 2.42 bits per heavy atom. The van der Waals surface area contributed by atoms with Gasteiger partial charge in [0.1, 0.15) is 17.8 Å². The Labute approximate surface area is 70.6 Å². The van der Waals surface area contributed by atoms with Gasteiger partial charge in [0.15, 0.2) is 0 Å². The Balaban J connectivity index is 2.03. The fourth-order valence-corrected chi connectivity index (χ4v) is 1.16. The lowest BCUT2D eigenvalue weighted by molar-refractivity contribution is 0.260. The highest BCUT2D eigenvalue weighted by atomic mass is 19.1. The van der Waals surface area contributed by atoms with Crippen molar-refractivity contribution in [3.05, 3.63) is 12.2 Å². The van der Waals surface area contributed by atoms with Crippen molar-refractivity contribution < 1.29 is 4.39 Å². The summed E-state index contributed by atoms with van der Waals surface area (Å²) in [5, 5.41) is 4.12. The summed E-state index contributed by atoms with van der Waals surface area (Å²) in [5.74, 6) is 0.791. The minimum absolute atomic E-state index is 0.375. The van der Waals surface area contributed by atoms with E-state index in [9.17, 15) is 4.39 Å². The van der Waals surface area contributed by atoms with Crippen molar-refractivity contribution in [2.24, 2.45) is 0 Å². The molecule has 1 heterocycles. The molecule has 0 N–H and O–H groups in total. The first kappa shape index (κ1) is 7.71. The Hall–Kier alpha value is -0.930. The fourth-order valence-electron chi connectivity index (χ4n) is 1.16. The molecule has 1 aromatic heterocycles. The number of hydrogen-bond donors (Lipinski definition) is 0. The van der Waals surface area contributed by atoms with Crippen molar-refractivity contribution >= 4 is 0 Å². The van der Waals surface area contributed by atoms with Crippen molar-refractivity contribution in [3.63, 3.8) is 0 Å². The van der Waals surface area contributed by atoms with Crippen molar-refractivity contribution in [3.8, 4) is 0 Å². The molecule has 1 aliphatic rings. The van der Waals surface area contributed by atoms with Gasteiger partial charge in [-0.2, -0.15) is 5.10 Å². The highest BCUT2D eigenvalue weighted by molar-refractivity contribution is 4.94. The molecule has 1 aliphatic carbocycles. The lowest BCUT2D eigenvalue weighted by Crippen LogP contribution is -2.12. The van der Waals surface area contributed by atoms with E-state index in [1.807, 2.05) is 6.92 Å². The maximum Gasteiger partial charge on any atom is 0.150 e. The summed E-state index contributed by atoms with van der Waals surface area (Å²) in [4.78, 5) is 4.03. The van der Waals surface area contributed by atoms with Crippen LogP contribution in [0.5, 0.6) is 0 Å². The zero-order valence-corrected chi connectivity index (χ0v) is 7.13. The summed E-state index contributed by atoms with van der Waals surface area (Å²) in [6.07, 6.45) is 3.77. The van der Waals surface area contributed by atoms with Crippen molar-refractivity contribution in [2.75, 3.05) is 0 Å². The molecule has 2 rings (SSSR count). The first-order chi connectivity index (χ1) is 5.72. The third kappa shape index (κ3) is 1.47. The fraction of sp³-hybridized carbons (Fsp3) is 0.750. The third-order valence-electron chi connectivity index (χ3n) is 2.14. The van der Waals surface area contributed by atoms with Crippen molar-refractivity contribution in [2.45, 2.75) is 38.4 Å². The lowest BCUT2D eigenvalue weighted by Gasteiger charge is -2.02. The van der Waals surface area contributed by atoms with Gasteiger partial charge in [-0.3, -0.25) is 0 Å². The molecule has 0 saturated heterocycles. The molecule has 1 saturated carbocycles. The van der Waals surface area contributed by atoms with Crippen LogP contribution >= 0.6 is 0 Å². The van der Waals surface area contributed by atoms with Crippen LogP contribution in [0.1, 0.15) is 25.6 Å². The van der Waals surface area contributed by atoms with Crippen molar-refractivity contribution in [1.29, 1.82) is 0 Å². The molecule has 0 aliphatic heterocycles. The van der Waals surface area contributed by atoms with E-state index < -0.39 is 5.67 Å². The topological polar surface area (TPSA) is 30.7 Å². The van der Waals surface area contributed by atoms with Crippen molar-refractivity contribution in [1.82, 2.24) is 14.8 Å². The predicted octanol–water partition coefficient (Wildman–Crippen LogP) is 1.34. The Bertz CT molecular complexity index is 278. The second-order valence-electron chi connectivity index (χ2n) is 3.36. The van der Waals surface area contributed by atoms with Crippen LogP contribution in [0.2, 0.25) is 0 Å². The highest BCUT2D eigenvalue weighted by Gasteiger charge is 2.43. The zero-order valence-electron chi connectivity index (χ0n) is 7.13. The second-order valence-corrected chi connectivity index (χ2v) is 3.36. The summed E-state index contributed by atoms with van der Waals surface area (Å²) in [7, 11) is 0. The lowest BCUT2D eigenvalue weighted by atomic mass is 10.4. The van der Waals surface area contributed by atoms with Crippen LogP contribution in [0.3, 0.4) is 0 Å². The van der Waals surface area contributed by atoms with Crippen LogP contribution in [0, 0.1) is 0 Å². The first-order valence-corrected chi connectivity index (χ1v) is 4.29. The number of aryl methyl sites for hydroxylation is 1. The van der Waals surface area contributed by atoms with Gasteiger partial charge < -0.3 is 0 Å². The quantitative estimate of drug-likeness (QED) is 0.683. The van der Waals surface area contributed by atoms with E-state index in [-0.39, 0.29) is 0 Å². The SMILES string of the molecule is CCc1ncn(CC2(F)CC2)n1. The largest absolute Gasteiger partial charge is 0.249 e. The van der Waals surface area contributed by atoms with Gasteiger partial charge >= 0.3 is 0 Å². The summed E-state index contributed by atoms with van der Waals surface area (Å²) in [5.41, 5.74) is -0.974. The second kappa shape index (κ2) is 2.54. The molecule has 0 aromatic carbocycles. The number of halogens is 1. The smallest absolute Gasteiger partial charge is 0.150 e. The molecular formula is C8H12FN3. The standard InChI is InChI=1S/C8H12FN3/c1-2-7-10-6-12(11-7)5-8(9)3-4-8/h6H,2-5H2,1H3. The molecule has 0 amide bonds. The van der Waals surface area contributed by atoms with E-state index in [0.717, 1.165) is 12.2 Å². The summed E-state index contributed by atoms with van der Waals surface area (Å²) < 4.78 is 14.8. The van der Waals surface area contributed by atoms with Gasteiger partial charge in [-0.15, -0.1) is 0 Å². The Kier molecular flexibility index (Phi) is 1.63. The number of aromatic nitrogens is 3. The zero-order chi connectivity index (χ0) is 8.60. The summed E-state index contributed by atoms with van der Waals surface area (Å²) >= 11 is 0. The van der Waals surface area contributed by atoms with E-state index in [1.165, 1.54) is 0 Å². The number of rotatable bonds is 3. The molecule has 12 heavy (non-hydrogen) atoms. The van der Waals surface area contributed by atoms with Crippen LogP contribution < -0.4 is 0 Å². The van der Waals surface area contributed by atoms with Gasteiger partial charge in [-0.1, -0.05) is 6.92 Å². The highest BCUT2D eigenvalue weighted by Crippen LogP contribution is 2.40. The maximum absolute atomic E-state index is 13.2. The van der Waals surface area contributed by atoms with E-state index in [2.05, 4.69) is 10.1 Å². The molecule has 0 atom stereocenters. The van der Waals surface area contributed by atoms with Gasteiger partial charge in [0, 0.05) is 6.42 Å². The van der Waals surface area contributed by atoms with Gasteiger partial charge in [-0.05, 0) is 12.8 Å². The van der Waals surface area contributed by atoms with Gasteiger partial charge in [0.05, 0.1) is 6.54 Å². The third-order valence-corrected chi connectivity index (χ3v) is 2.14. The first-order valence-electron chi connectivity index (χ1n) is 4.29. The molecule has 4 heteroatoms. The van der Waals surface area contributed by atoms with Crippen LogP contribution in [0.4, 0.5) is 4.39 Å². The summed E-state index contributed by atoms with van der Waals surface area (Å²) in [6.45, 7) is 2.36. The molecule has 0 spiro atoms. The molecule has 1 aromatic rings. The van der Waals surface area contributed by atoms with E-state index in [4.69, 9.17) is 0 Å². The maximum atomic E-state index is 13.2. The normalized spacial score (nSPS) is 19.5.